The predicted molar refractivity (Wildman–Crippen MR) is 77.0 cm³/mol. The van der Waals surface area contributed by atoms with Crippen LogP contribution in [0.4, 0.5) is 5.69 Å². The molecule has 21 heavy (non-hydrogen) atoms. The average Bonchev–Trinajstić information content (AvgIpc) is 2.41. The first-order valence-electron chi connectivity index (χ1n) is 6.51. The fraction of sp³-hybridized carbons (Fsp3) is 0.357. The minimum absolute atomic E-state index is 0.0666. The zero-order chi connectivity index (χ0) is 15.4. The quantitative estimate of drug-likeness (QED) is 0.884. The Bertz CT molecular complexity index is 576. The summed E-state index contributed by atoms with van der Waals surface area (Å²) in [4.78, 5) is 35.9. The summed E-state index contributed by atoms with van der Waals surface area (Å²) in [6.07, 6.45) is 0.474. The number of nitrogens with zero attached hydrogens (tertiary/aromatic N) is 1. The molecule has 1 aromatic carbocycles. The Kier molecular flexibility index (Phi) is 4.80. The largest absolute Gasteiger partial charge is 0.481 e. The van der Waals surface area contributed by atoms with E-state index in [0.717, 1.165) is 0 Å². The predicted octanol–water partition coefficient (Wildman–Crippen LogP) is 1.60. The van der Waals surface area contributed by atoms with Crippen molar-refractivity contribution in [2.75, 3.05) is 18.4 Å². The van der Waals surface area contributed by atoms with E-state index in [2.05, 4.69) is 5.32 Å². The normalized spacial score (nSPS) is 18.4. The van der Waals surface area contributed by atoms with Crippen molar-refractivity contribution in [3.05, 3.63) is 29.3 Å². The lowest BCUT2D eigenvalue weighted by Crippen LogP contribution is -2.46. The highest BCUT2D eigenvalue weighted by Crippen LogP contribution is 2.18. The molecule has 0 radical (unpaired) electrons. The number of rotatable bonds is 4. The molecular weight excluding hydrogens is 296 g/mol. The van der Waals surface area contributed by atoms with Gasteiger partial charge in [0.15, 0.2) is 0 Å². The summed E-state index contributed by atoms with van der Waals surface area (Å²) in [6.45, 7) is -0.0910. The standard InChI is InChI=1S/C14H15ClN2O4/c15-10-2-1-3-11(6-10)16-12(18)8-17-7-9(14(20)21)4-5-13(17)19/h1-3,6,9H,4-5,7-8H2,(H,16,18)(H,20,21). The summed E-state index contributed by atoms with van der Waals surface area (Å²) in [7, 11) is 0. The van der Waals surface area contributed by atoms with Gasteiger partial charge in [-0.1, -0.05) is 17.7 Å². The number of carboxylic acids is 1. The van der Waals surface area contributed by atoms with E-state index < -0.39 is 11.9 Å². The number of carboxylic acid groups (broad SMARTS) is 1. The van der Waals surface area contributed by atoms with Crippen molar-refractivity contribution in [1.29, 1.82) is 0 Å². The number of aliphatic carboxylic acids is 1. The first-order chi connectivity index (χ1) is 9.95. The monoisotopic (exact) mass is 310 g/mol. The number of hydrogen-bond acceptors (Lipinski definition) is 3. The molecule has 1 fully saturated rings. The third-order valence-corrected chi connectivity index (χ3v) is 3.53. The molecule has 0 spiro atoms. The molecule has 1 heterocycles. The summed E-state index contributed by atoms with van der Waals surface area (Å²) in [5.74, 6) is -2.13. The molecule has 1 aliphatic heterocycles. The molecule has 0 aromatic heterocycles. The first kappa shape index (κ1) is 15.3. The number of piperidine rings is 1. The average molecular weight is 311 g/mol. The van der Waals surface area contributed by atoms with Gasteiger partial charge in [-0.2, -0.15) is 0 Å². The van der Waals surface area contributed by atoms with E-state index in [1.165, 1.54) is 4.90 Å². The van der Waals surface area contributed by atoms with Crippen LogP contribution in [-0.2, 0) is 14.4 Å². The number of carbonyl (C=O) groups is 3. The number of carbonyl (C=O) groups excluding carboxylic acids is 2. The second kappa shape index (κ2) is 6.58. The van der Waals surface area contributed by atoms with Crippen LogP contribution in [0.25, 0.3) is 0 Å². The van der Waals surface area contributed by atoms with Gasteiger partial charge in [0, 0.05) is 23.7 Å². The van der Waals surface area contributed by atoms with Gasteiger partial charge >= 0.3 is 5.97 Å². The van der Waals surface area contributed by atoms with Gasteiger partial charge in [-0.15, -0.1) is 0 Å². The Morgan fingerprint density at radius 3 is 2.86 bits per heavy atom. The zero-order valence-electron chi connectivity index (χ0n) is 11.2. The Morgan fingerprint density at radius 2 is 2.19 bits per heavy atom. The summed E-state index contributed by atoms with van der Waals surface area (Å²) in [6, 6.07) is 6.66. The van der Waals surface area contributed by atoms with Crippen molar-refractivity contribution in [2.45, 2.75) is 12.8 Å². The molecule has 6 nitrogen and oxygen atoms in total. The van der Waals surface area contributed by atoms with E-state index in [9.17, 15) is 14.4 Å². The third-order valence-electron chi connectivity index (χ3n) is 3.29. The molecule has 1 atom stereocenters. The van der Waals surface area contributed by atoms with Crippen LogP contribution in [0.15, 0.2) is 24.3 Å². The molecule has 1 unspecified atom stereocenters. The molecule has 2 N–H and O–H groups in total. The lowest BCUT2D eigenvalue weighted by atomic mass is 9.98. The lowest BCUT2D eigenvalue weighted by Gasteiger charge is -2.30. The van der Waals surface area contributed by atoms with Crippen LogP contribution >= 0.6 is 11.6 Å². The van der Waals surface area contributed by atoms with E-state index in [1.807, 2.05) is 0 Å². The van der Waals surface area contributed by atoms with Gasteiger partial charge in [0.1, 0.15) is 0 Å². The maximum Gasteiger partial charge on any atom is 0.308 e. The Morgan fingerprint density at radius 1 is 1.43 bits per heavy atom. The smallest absolute Gasteiger partial charge is 0.308 e. The van der Waals surface area contributed by atoms with Crippen molar-refractivity contribution in [2.24, 2.45) is 5.92 Å². The van der Waals surface area contributed by atoms with Crippen molar-refractivity contribution in [1.82, 2.24) is 4.90 Å². The van der Waals surface area contributed by atoms with Crippen LogP contribution in [0.2, 0.25) is 5.02 Å². The van der Waals surface area contributed by atoms with E-state index in [1.54, 1.807) is 24.3 Å². The molecule has 7 heteroatoms. The second-order valence-electron chi connectivity index (χ2n) is 4.91. The molecule has 112 valence electrons. The minimum atomic E-state index is -0.942. The fourth-order valence-corrected chi connectivity index (χ4v) is 2.40. The molecular formula is C14H15ClN2O4. The molecule has 1 aromatic rings. The van der Waals surface area contributed by atoms with Gasteiger partial charge < -0.3 is 15.3 Å². The number of nitrogens with one attached hydrogen (secondary N) is 1. The van der Waals surface area contributed by atoms with Gasteiger partial charge in [-0.3, -0.25) is 14.4 Å². The summed E-state index contributed by atoms with van der Waals surface area (Å²) < 4.78 is 0. The number of anilines is 1. The molecule has 1 saturated heterocycles. The highest BCUT2D eigenvalue weighted by atomic mass is 35.5. The van der Waals surface area contributed by atoms with Crippen molar-refractivity contribution in [3.8, 4) is 0 Å². The van der Waals surface area contributed by atoms with Crippen LogP contribution in [-0.4, -0.2) is 40.9 Å². The highest BCUT2D eigenvalue weighted by Gasteiger charge is 2.30. The fourth-order valence-electron chi connectivity index (χ4n) is 2.21. The van der Waals surface area contributed by atoms with Crippen molar-refractivity contribution >= 4 is 35.1 Å². The molecule has 0 saturated carbocycles. The number of halogens is 1. The second-order valence-corrected chi connectivity index (χ2v) is 5.34. The first-order valence-corrected chi connectivity index (χ1v) is 6.89. The highest BCUT2D eigenvalue weighted by molar-refractivity contribution is 6.30. The summed E-state index contributed by atoms with van der Waals surface area (Å²) >= 11 is 5.82. The van der Waals surface area contributed by atoms with Crippen molar-refractivity contribution in [3.63, 3.8) is 0 Å². The number of amides is 2. The van der Waals surface area contributed by atoms with E-state index >= 15 is 0 Å². The van der Waals surface area contributed by atoms with Gasteiger partial charge in [0.2, 0.25) is 11.8 Å². The van der Waals surface area contributed by atoms with Crippen LogP contribution in [0, 0.1) is 5.92 Å². The van der Waals surface area contributed by atoms with Gasteiger partial charge in [0.05, 0.1) is 12.5 Å². The minimum Gasteiger partial charge on any atom is -0.481 e. The summed E-state index contributed by atoms with van der Waals surface area (Å²) in [5, 5.41) is 12.1. The van der Waals surface area contributed by atoms with Crippen LogP contribution in [0.3, 0.4) is 0 Å². The van der Waals surface area contributed by atoms with E-state index in [0.29, 0.717) is 17.1 Å². The topological polar surface area (TPSA) is 86.7 Å². The molecule has 2 rings (SSSR count). The molecule has 1 aliphatic rings. The molecule has 2 amide bonds. The third kappa shape index (κ3) is 4.19. The number of benzene rings is 1. The SMILES string of the molecule is O=C(CN1CC(C(=O)O)CCC1=O)Nc1cccc(Cl)c1. The lowest BCUT2D eigenvalue weighted by molar-refractivity contribution is -0.148. The Hall–Kier alpha value is -2.08. The molecule has 0 bridgehead atoms. The maximum atomic E-state index is 11.9. The van der Waals surface area contributed by atoms with Crippen LogP contribution in [0.1, 0.15) is 12.8 Å². The Labute approximate surface area is 126 Å². The maximum absolute atomic E-state index is 11.9. The number of hydrogen-bond donors (Lipinski definition) is 2. The Balaban J connectivity index is 1.94. The summed E-state index contributed by atoms with van der Waals surface area (Å²) in [5.41, 5.74) is 0.534. The van der Waals surface area contributed by atoms with Gasteiger partial charge in [0.25, 0.3) is 0 Å². The molecule has 0 aliphatic carbocycles. The number of likely N-dealkylation sites (tertiary alicyclic amines) is 1. The van der Waals surface area contributed by atoms with E-state index in [-0.39, 0.29) is 31.3 Å². The van der Waals surface area contributed by atoms with E-state index in [4.69, 9.17) is 16.7 Å². The van der Waals surface area contributed by atoms with Crippen molar-refractivity contribution < 1.29 is 19.5 Å². The van der Waals surface area contributed by atoms with Gasteiger partial charge in [-0.05, 0) is 24.6 Å². The van der Waals surface area contributed by atoms with Crippen LogP contribution in [0.5, 0.6) is 0 Å². The zero-order valence-corrected chi connectivity index (χ0v) is 12.0. The van der Waals surface area contributed by atoms with Crippen LogP contribution < -0.4 is 5.32 Å². The van der Waals surface area contributed by atoms with Gasteiger partial charge in [-0.25, -0.2) is 0 Å².